The van der Waals surface area contributed by atoms with Gasteiger partial charge >= 0.3 is 0 Å². The highest BCUT2D eigenvalue weighted by atomic mass is 35.5. The van der Waals surface area contributed by atoms with E-state index in [1.165, 1.54) is 0 Å². The van der Waals surface area contributed by atoms with Gasteiger partial charge in [0.25, 0.3) is 0 Å². The van der Waals surface area contributed by atoms with Crippen LogP contribution in [0.15, 0.2) is 18.2 Å². The number of hydrogen-bond acceptors (Lipinski definition) is 1. The van der Waals surface area contributed by atoms with Crippen molar-refractivity contribution in [3.05, 3.63) is 28.8 Å². The summed E-state index contributed by atoms with van der Waals surface area (Å²) in [4.78, 5) is 0. The third kappa shape index (κ3) is 3.09. The normalized spacial score (nSPS) is 10.5. The molecular formula is C10H12Cl2O. The molecule has 0 atom stereocenters. The number of benzene rings is 1. The Balaban J connectivity index is 2.92. The summed E-state index contributed by atoms with van der Waals surface area (Å²) in [5.41, 5.74) is 0.933. The molecule has 1 rings (SSSR count). The van der Waals surface area contributed by atoms with E-state index < -0.39 is 0 Å². The Morgan fingerprint density at radius 3 is 2.62 bits per heavy atom. The first kappa shape index (κ1) is 10.7. The van der Waals surface area contributed by atoms with Crippen LogP contribution in [-0.4, -0.2) is 6.10 Å². The molecule has 0 unspecified atom stereocenters. The van der Waals surface area contributed by atoms with Gasteiger partial charge in [-0.05, 0) is 32.0 Å². The van der Waals surface area contributed by atoms with Crippen molar-refractivity contribution < 1.29 is 4.74 Å². The summed E-state index contributed by atoms with van der Waals surface area (Å²) in [5.74, 6) is 1.23. The molecule has 0 saturated carbocycles. The van der Waals surface area contributed by atoms with Gasteiger partial charge in [0.2, 0.25) is 0 Å². The molecule has 0 N–H and O–H groups in total. The van der Waals surface area contributed by atoms with Gasteiger partial charge in [-0.25, -0.2) is 0 Å². The lowest BCUT2D eigenvalue weighted by molar-refractivity contribution is 0.240. The lowest BCUT2D eigenvalue weighted by atomic mass is 10.2. The van der Waals surface area contributed by atoms with Gasteiger partial charge in [0.1, 0.15) is 5.75 Å². The average molecular weight is 219 g/mol. The zero-order valence-corrected chi connectivity index (χ0v) is 9.19. The predicted molar refractivity (Wildman–Crippen MR) is 56.8 cm³/mol. The monoisotopic (exact) mass is 218 g/mol. The van der Waals surface area contributed by atoms with Crippen molar-refractivity contribution in [2.45, 2.75) is 25.8 Å². The van der Waals surface area contributed by atoms with Crippen molar-refractivity contribution in [1.29, 1.82) is 0 Å². The first-order valence-electron chi connectivity index (χ1n) is 4.14. The Hall–Kier alpha value is -0.400. The Morgan fingerprint density at radius 1 is 1.38 bits per heavy atom. The molecule has 0 amide bonds. The van der Waals surface area contributed by atoms with Crippen molar-refractivity contribution in [3.63, 3.8) is 0 Å². The van der Waals surface area contributed by atoms with E-state index in [1.807, 2.05) is 26.0 Å². The van der Waals surface area contributed by atoms with E-state index in [9.17, 15) is 0 Å². The first-order valence-corrected chi connectivity index (χ1v) is 5.05. The molecule has 1 aromatic carbocycles. The average Bonchev–Trinajstić information content (AvgIpc) is 2.07. The highest BCUT2D eigenvalue weighted by Gasteiger charge is 2.04. The highest BCUT2D eigenvalue weighted by Crippen LogP contribution is 2.25. The van der Waals surface area contributed by atoms with E-state index >= 15 is 0 Å². The second-order valence-electron chi connectivity index (χ2n) is 3.05. The van der Waals surface area contributed by atoms with Crippen LogP contribution in [0.4, 0.5) is 0 Å². The molecule has 0 aliphatic heterocycles. The summed E-state index contributed by atoms with van der Waals surface area (Å²) in [5, 5.41) is 0.687. The molecule has 3 heteroatoms. The van der Waals surface area contributed by atoms with Crippen molar-refractivity contribution >= 4 is 23.2 Å². The molecule has 13 heavy (non-hydrogen) atoms. The molecule has 0 saturated heterocycles. The van der Waals surface area contributed by atoms with Crippen LogP contribution in [0.2, 0.25) is 5.02 Å². The molecule has 0 aliphatic rings. The Bertz CT molecular complexity index is 284. The Morgan fingerprint density at radius 2 is 2.08 bits per heavy atom. The molecule has 0 fully saturated rings. The van der Waals surface area contributed by atoms with Crippen molar-refractivity contribution in [3.8, 4) is 5.75 Å². The number of hydrogen-bond donors (Lipinski definition) is 0. The van der Waals surface area contributed by atoms with Crippen LogP contribution in [-0.2, 0) is 5.88 Å². The standard InChI is InChI=1S/C10H12Cl2O/c1-7(2)13-10-4-3-9(12)5-8(10)6-11/h3-5,7H,6H2,1-2H3. The minimum absolute atomic E-state index is 0.156. The van der Waals surface area contributed by atoms with Crippen molar-refractivity contribution in [1.82, 2.24) is 0 Å². The van der Waals surface area contributed by atoms with E-state index in [2.05, 4.69) is 0 Å². The second kappa shape index (κ2) is 4.73. The molecule has 0 spiro atoms. The summed E-state index contributed by atoms with van der Waals surface area (Å²) < 4.78 is 5.55. The van der Waals surface area contributed by atoms with Crippen LogP contribution >= 0.6 is 23.2 Å². The van der Waals surface area contributed by atoms with Gasteiger partial charge in [0, 0.05) is 10.6 Å². The number of alkyl halides is 1. The zero-order chi connectivity index (χ0) is 9.84. The van der Waals surface area contributed by atoms with Crippen molar-refractivity contribution in [2.75, 3.05) is 0 Å². The quantitative estimate of drug-likeness (QED) is 0.701. The summed E-state index contributed by atoms with van der Waals surface area (Å²) in [6.07, 6.45) is 0.156. The lowest BCUT2D eigenvalue weighted by Crippen LogP contribution is -2.06. The smallest absolute Gasteiger partial charge is 0.124 e. The summed E-state index contributed by atoms with van der Waals surface area (Å²) in [7, 11) is 0. The highest BCUT2D eigenvalue weighted by molar-refractivity contribution is 6.30. The number of ether oxygens (including phenoxy) is 1. The number of rotatable bonds is 3. The Kier molecular flexibility index (Phi) is 3.89. The summed E-state index contributed by atoms with van der Waals surface area (Å²) in [6.45, 7) is 3.96. The third-order valence-corrected chi connectivity index (χ3v) is 2.05. The summed E-state index contributed by atoms with van der Waals surface area (Å²) >= 11 is 11.6. The van der Waals surface area contributed by atoms with E-state index in [-0.39, 0.29) is 6.10 Å². The summed E-state index contributed by atoms with van der Waals surface area (Å²) in [6, 6.07) is 5.47. The fraction of sp³-hybridized carbons (Fsp3) is 0.400. The van der Waals surface area contributed by atoms with Gasteiger partial charge in [-0.1, -0.05) is 11.6 Å². The van der Waals surface area contributed by atoms with Crippen LogP contribution in [0.5, 0.6) is 5.75 Å². The van der Waals surface area contributed by atoms with Gasteiger partial charge in [-0.15, -0.1) is 11.6 Å². The molecule has 0 aliphatic carbocycles. The molecule has 0 bridgehead atoms. The van der Waals surface area contributed by atoms with E-state index in [4.69, 9.17) is 27.9 Å². The van der Waals surface area contributed by atoms with Crippen LogP contribution in [0.1, 0.15) is 19.4 Å². The fourth-order valence-electron chi connectivity index (χ4n) is 1.02. The topological polar surface area (TPSA) is 9.23 Å². The molecule has 72 valence electrons. The van der Waals surface area contributed by atoms with Crippen LogP contribution < -0.4 is 4.74 Å². The Labute approximate surface area is 88.6 Å². The van der Waals surface area contributed by atoms with E-state index in [0.717, 1.165) is 11.3 Å². The maximum atomic E-state index is 5.82. The molecule has 0 radical (unpaired) electrons. The second-order valence-corrected chi connectivity index (χ2v) is 3.76. The minimum atomic E-state index is 0.156. The fourth-order valence-corrected chi connectivity index (χ4v) is 1.42. The number of halogens is 2. The van der Waals surface area contributed by atoms with Gasteiger partial charge in [-0.2, -0.15) is 0 Å². The molecule has 0 heterocycles. The molecule has 1 aromatic rings. The van der Waals surface area contributed by atoms with Crippen molar-refractivity contribution in [2.24, 2.45) is 0 Å². The predicted octanol–water partition coefficient (Wildman–Crippen LogP) is 3.87. The third-order valence-electron chi connectivity index (χ3n) is 1.53. The van der Waals surface area contributed by atoms with Gasteiger partial charge in [-0.3, -0.25) is 0 Å². The minimum Gasteiger partial charge on any atom is -0.491 e. The SMILES string of the molecule is CC(C)Oc1ccc(Cl)cc1CCl. The van der Waals surface area contributed by atoms with Crippen LogP contribution in [0, 0.1) is 0 Å². The molecular weight excluding hydrogens is 207 g/mol. The zero-order valence-electron chi connectivity index (χ0n) is 7.68. The maximum Gasteiger partial charge on any atom is 0.124 e. The maximum absolute atomic E-state index is 5.82. The van der Waals surface area contributed by atoms with Gasteiger partial charge in [0.05, 0.1) is 12.0 Å². The lowest BCUT2D eigenvalue weighted by Gasteiger charge is -2.12. The van der Waals surface area contributed by atoms with Gasteiger partial charge < -0.3 is 4.74 Å². The van der Waals surface area contributed by atoms with E-state index in [0.29, 0.717) is 10.9 Å². The van der Waals surface area contributed by atoms with Crippen LogP contribution in [0.3, 0.4) is 0 Å². The van der Waals surface area contributed by atoms with Gasteiger partial charge in [0.15, 0.2) is 0 Å². The van der Waals surface area contributed by atoms with Crippen LogP contribution in [0.25, 0.3) is 0 Å². The molecule has 0 aromatic heterocycles. The largest absolute Gasteiger partial charge is 0.491 e. The first-order chi connectivity index (χ1) is 6.13. The van der Waals surface area contributed by atoms with E-state index in [1.54, 1.807) is 6.07 Å². The molecule has 1 nitrogen and oxygen atoms in total.